The van der Waals surface area contributed by atoms with E-state index < -0.39 is 22.9 Å². The molecule has 4 rings (SSSR count). The van der Waals surface area contributed by atoms with Gasteiger partial charge in [0.1, 0.15) is 11.6 Å². The molecule has 0 N–H and O–H groups in total. The van der Waals surface area contributed by atoms with Gasteiger partial charge in [-0.05, 0) is 29.8 Å². The van der Waals surface area contributed by atoms with Crippen LogP contribution < -0.4 is 11.2 Å². The molecule has 2 heterocycles. The Morgan fingerprint density at radius 1 is 1.16 bits per heavy atom. The predicted molar refractivity (Wildman–Crippen MR) is 112 cm³/mol. The Balaban J connectivity index is 1.98. The van der Waals surface area contributed by atoms with Crippen molar-refractivity contribution in [2.75, 3.05) is 13.7 Å². The van der Waals surface area contributed by atoms with E-state index in [1.165, 1.54) is 18.0 Å². The zero-order valence-electron chi connectivity index (χ0n) is 17.0. The number of ether oxygens (including phenoxy) is 1. The van der Waals surface area contributed by atoms with Gasteiger partial charge in [0, 0.05) is 19.7 Å². The monoisotopic (exact) mass is 437 g/mol. The maximum Gasteiger partial charge on any atom is 0.337 e. The highest BCUT2D eigenvalue weighted by molar-refractivity contribution is 5.72. The number of fused-ring (bicyclic) bond motifs is 1. The van der Waals surface area contributed by atoms with E-state index in [4.69, 9.17) is 10.00 Å². The van der Waals surface area contributed by atoms with Crippen molar-refractivity contribution in [1.29, 1.82) is 5.26 Å². The molecule has 32 heavy (non-hydrogen) atoms. The second-order valence-corrected chi connectivity index (χ2v) is 7.02. The molecule has 0 saturated heterocycles. The number of nitriles is 1. The average molecular weight is 437 g/mol. The van der Waals surface area contributed by atoms with Crippen LogP contribution in [0, 0.1) is 23.0 Å². The largest absolute Gasteiger partial charge is 0.383 e. The van der Waals surface area contributed by atoms with Gasteiger partial charge in [-0.15, -0.1) is 0 Å². The molecule has 0 aliphatic carbocycles. The van der Waals surface area contributed by atoms with Crippen LogP contribution in [0.4, 0.5) is 8.78 Å². The number of hydrogen-bond acceptors (Lipinski definition) is 5. The van der Waals surface area contributed by atoms with E-state index in [1.54, 1.807) is 24.3 Å². The van der Waals surface area contributed by atoms with Gasteiger partial charge < -0.3 is 9.30 Å². The molecule has 0 aliphatic heterocycles. The summed E-state index contributed by atoms with van der Waals surface area (Å²) in [5.41, 5.74) is -0.477. The first-order valence-corrected chi connectivity index (χ1v) is 9.58. The number of imidazole rings is 1. The van der Waals surface area contributed by atoms with Crippen molar-refractivity contribution in [2.24, 2.45) is 0 Å². The summed E-state index contributed by atoms with van der Waals surface area (Å²) in [6.07, 6.45) is 1.36. The molecule has 4 aromatic rings. The van der Waals surface area contributed by atoms with Gasteiger partial charge in [-0.3, -0.25) is 9.36 Å². The van der Waals surface area contributed by atoms with Crippen LogP contribution >= 0.6 is 0 Å². The molecule has 0 spiro atoms. The normalized spacial score (nSPS) is 11.1. The molecule has 162 valence electrons. The van der Waals surface area contributed by atoms with Gasteiger partial charge in [0.2, 0.25) is 0 Å². The van der Waals surface area contributed by atoms with Gasteiger partial charge in [0.15, 0.2) is 11.2 Å². The topological polar surface area (TPSA) is 94.8 Å². The van der Waals surface area contributed by atoms with Crippen LogP contribution in [-0.4, -0.2) is 32.4 Å². The summed E-state index contributed by atoms with van der Waals surface area (Å²) >= 11 is 0. The van der Waals surface area contributed by atoms with Crippen LogP contribution in [0.2, 0.25) is 0 Å². The fourth-order valence-electron chi connectivity index (χ4n) is 3.50. The van der Waals surface area contributed by atoms with Crippen molar-refractivity contribution in [1.82, 2.24) is 18.7 Å². The predicted octanol–water partition coefficient (Wildman–Crippen LogP) is 2.19. The Morgan fingerprint density at radius 2 is 1.97 bits per heavy atom. The minimum Gasteiger partial charge on any atom is -0.383 e. The molecular weight excluding hydrogens is 420 g/mol. The van der Waals surface area contributed by atoms with Crippen molar-refractivity contribution < 1.29 is 13.5 Å². The van der Waals surface area contributed by atoms with Crippen LogP contribution in [0.5, 0.6) is 0 Å². The molecule has 2 aromatic heterocycles. The van der Waals surface area contributed by atoms with E-state index >= 15 is 0 Å². The molecule has 0 bridgehead atoms. The Hall–Kier alpha value is -4.10. The Bertz CT molecular complexity index is 1480. The first-order valence-electron chi connectivity index (χ1n) is 9.58. The van der Waals surface area contributed by atoms with Crippen LogP contribution in [0.15, 0.2) is 58.4 Å². The fraction of sp³-hybridized carbons (Fsp3) is 0.182. The maximum atomic E-state index is 14.6. The standard InChI is InChI=1S/C22H17F2N5O3/c1-32-8-7-28-21(30)19-20(29(22(28)31)18-6-5-16(23)10-17(18)24)26-13-27(19)12-15-4-2-3-14(9-15)11-25/h2-6,9-10,13H,7-8,12H2,1H3. The van der Waals surface area contributed by atoms with Gasteiger partial charge in [0.05, 0.1) is 36.8 Å². The minimum absolute atomic E-state index is 0.0596. The fourth-order valence-corrected chi connectivity index (χ4v) is 3.50. The summed E-state index contributed by atoms with van der Waals surface area (Å²) < 4.78 is 36.4. The first kappa shape index (κ1) is 21.1. The SMILES string of the molecule is COCCn1c(=O)c2c(ncn2Cc2cccc(C#N)c2)n(-c2ccc(F)cc2F)c1=O. The van der Waals surface area contributed by atoms with E-state index in [-0.39, 0.29) is 36.5 Å². The molecule has 0 fully saturated rings. The second-order valence-electron chi connectivity index (χ2n) is 7.02. The molecule has 2 aromatic carbocycles. The minimum atomic E-state index is -0.971. The molecular formula is C22H17F2N5O3. The molecule has 0 saturated carbocycles. The first-order chi connectivity index (χ1) is 15.4. The summed E-state index contributed by atoms with van der Waals surface area (Å²) in [6, 6.07) is 11.7. The Labute approximate surface area is 180 Å². The molecule has 0 unspecified atom stereocenters. The Morgan fingerprint density at radius 3 is 2.69 bits per heavy atom. The molecule has 8 nitrogen and oxygen atoms in total. The van der Waals surface area contributed by atoms with Crippen molar-refractivity contribution in [2.45, 2.75) is 13.1 Å². The molecule has 0 radical (unpaired) electrons. The number of rotatable bonds is 6. The van der Waals surface area contributed by atoms with Crippen LogP contribution in [0.1, 0.15) is 11.1 Å². The highest BCUT2D eigenvalue weighted by atomic mass is 19.1. The summed E-state index contributed by atoms with van der Waals surface area (Å²) in [6.45, 7) is 0.197. The number of methoxy groups -OCH3 is 1. The highest BCUT2D eigenvalue weighted by Crippen LogP contribution is 2.18. The number of nitrogens with zero attached hydrogens (tertiary/aromatic N) is 5. The molecule has 0 aliphatic rings. The average Bonchev–Trinajstić information content (AvgIpc) is 3.18. The third kappa shape index (κ3) is 3.70. The van der Waals surface area contributed by atoms with E-state index in [2.05, 4.69) is 11.1 Å². The van der Waals surface area contributed by atoms with Gasteiger partial charge in [-0.1, -0.05) is 12.1 Å². The summed E-state index contributed by atoms with van der Waals surface area (Å²) in [5.74, 6) is -1.77. The van der Waals surface area contributed by atoms with Crippen molar-refractivity contribution in [3.8, 4) is 11.8 Å². The third-order valence-electron chi connectivity index (χ3n) is 4.98. The van der Waals surface area contributed by atoms with Crippen molar-refractivity contribution in [3.05, 3.63) is 92.4 Å². The van der Waals surface area contributed by atoms with E-state index in [0.29, 0.717) is 11.6 Å². The lowest BCUT2D eigenvalue weighted by molar-refractivity contribution is 0.184. The Kier molecular flexibility index (Phi) is 5.66. The summed E-state index contributed by atoms with van der Waals surface area (Å²) in [4.78, 5) is 30.5. The molecule has 10 heteroatoms. The zero-order chi connectivity index (χ0) is 22.8. The number of hydrogen-bond donors (Lipinski definition) is 0. The lowest BCUT2D eigenvalue weighted by Crippen LogP contribution is -2.41. The van der Waals surface area contributed by atoms with E-state index in [0.717, 1.165) is 26.8 Å². The zero-order valence-corrected chi connectivity index (χ0v) is 17.0. The van der Waals surface area contributed by atoms with E-state index in [1.807, 2.05) is 0 Å². The number of aromatic nitrogens is 4. The molecule has 0 amide bonds. The van der Waals surface area contributed by atoms with E-state index in [9.17, 15) is 18.4 Å². The number of halogens is 2. The van der Waals surface area contributed by atoms with Crippen LogP contribution in [0.25, 0.3) is 16.9 Å². The summed E-state index contributed by atoms with van der Waals surface area (Å²) in [7, 11) is 1.42. The van der Waals surface area contributed by atoms with Gasteiger partial charge >= 0.3 is 5.69 Å². The highest BCUT2D eigenvalue weighted by Gasteiger charge is 2.21. The lowest BCUT2D eigenvalue weighted by atomic mass is 10.1. The third-order valence-corrected chi connectivity index (χ3v) is 4.98. The number of benzene rings is 2. The molecule has 0 atom stereocenters. The van der Waals surface area contributed by atoms with Gasteiger partial charge in [-0.25, -0.2) is 23.1 Å². The quantitative estimate of drug-likeness (QED) is 0.461. The second kappa shape index (κ2) is 8.56. The van der Waals surface area contributed by atoms with Crippen LogP contribution in [-0.2, 0) is 17.8 Å². The lowest BCUT2D eigenvalue weighted by Gasteiger charge is -2.13. The van der Waals surface area contributed by atoms with Crippen molar-refractivity contribution in [3.63, 3.8) is 0 Å². The summed E-state index contributed by atoms with van der Waals surface area (Å²) in [5, 5.41) is 9.13. The van der Waals surface area contributed by atoms with Crippen molar-refractivity contribution >= 4 is 11.2 Å². The van der Waals surface area contributed by atoms with Crippen LogP contribution in [0.3, 0.4) is 0 Å². The van der Waals surface area contributed by atoms with Gasteiger partial charge in [-0.2, -0.15) is 5.26 Å². The maximum absolute atomic E-state index is 14.6. The van der Waals surface area contributed by atoms with Gasteiger partial charge in [0.25, 0.3) is 5.56 Å². The smallest absolute Gasteiger partial charge is 0.337 e.